The van der Waals surface area contributed by atoms with E-state index in [9.17, 15) is 23.1 Å². The van der Waals surface area contributed by atoms with Gasteiger partial charge in [0.25, 0.3) is 5.91 Å². The second-order valence-corrected chi connectivity index (χ2v) is 5.06. The van der Waals surface area contributed by atoms with E-state index in [1.54, 1.807) is 0 Å². The van der Waals surface area contributed by atoms with Crippen LogP contribution >= 0.6 is 0 Å². The van der Waals surface area contributed by atoms with E-state index in [1.807, 2.05) is 0 Å². The molecule has 116 valence electrons. The van der Waals surface area contributed by atoms with Crippen LogP contribution in [0.1, 0.15) is 41.7 Å². The zero-order chi connectivity index (χ0) is 15.6. The Morgan fingerprint density at radius 2 is 2.00 bits per heavy atom. The van der Waals surface area contributed by atoms with Gasteiger partial charge in [0, 0.05) is 0 Å². The third-order valence-electron chi connectivity index (χ3n) is 3.50. The van der Waals surface area contributed by atoms with Crippen molar-refractivity contribution >= 4 is 11.7 Å². The minimum atomic E-state index is -4.61. The summed E-state index contributed by atoms with van der Waals surface area (Å²) in [6.07, 6.45) is -2.44. The molecule has 0 aliphatic heterocycles. The molecule has 4 N–H and O–H groups in total. The van der Waals surface area contributed by atoms with E-state index in [0.717, 1.165) is 18.9 Å². The first-order valence-corrected chi connectivity index (χ1v) is 6.61. The fourth-order valence-corrected chi connectivity index (χ4v) is 2.38. The molecule has 1 aliphatic rings. The first-order chi connectivity index (χ1) is 9.79. The summed E-state index contributed by atoms with van der Waals surface area (Å²) in [4.78, 5) is 14.8. The maximum atomic E-state index is 12.7. The van der Waals surface area contributed by atoms with Gasteiger partial charge in [0.2, 0.25) is 0 Å². The van der Waals surface area contributed by atoms with E-state index in [0.29, 0.717) is 18.9 Å². The standard InChI is InChI=1S/C13H16F3N3O2/c14-13(15,16)10-6-5-7(11(17)21)12(19-10)18-8-3-1-2-4-9(8)20/h5-6,8-9,20H,1-4H2,(H2,17,21)(H,18,19). The molecule has 0 spiro atoms. The Morgan fingerprint density at radius 3 is 2.57 bits per heavy atom. The van der Waals surface area contributed by atoms with Crippen LogP contribution < -0.4 is 11.1 Å². The van der Waals surface area contributed by atoms with Gasteiger partial charge >= 0.3 is 6.18 Å². The van der Waals surface area contributed by atoms with Crippen molar-refractivity contribution in [3.05, 3.63) is 23.4 Å². The van der Waals surface area contributed by atoms with E-state index in [2.05, 4.69) is 10.3 Å². The van der Waals surface area contributed by atoms with Crippen molar-refractivity contribution in [3.63, 3.8) is 0 Å². The maximum Gasteiger partial charge on any atom is 0.433 e. The van der Waals surface area contributed by atoms with Crippen molar-refractivity contribution < 1.29 is 23.1 Å². The number of halogens is 3. The molecule has 1 aromatic rings. The largest absolute Gasteiger partial charge is 0.433 e. The Balaban J connectivity index is 2.32. The van der Waals surface area contributed by atoms with Gasteiger partial charge in [-0.15, -0.1) is 0 Å². The number of aliphatic hydroxyl groups excluding tert-OH is 1. The predicted octanol–water partition coefficient (Wildman–Crippen LogP) is 1.91. The number of carbonyl (C=O) groups excluding carboxylic acids is 1. The molecule has 2 rings (SSSR count). The Kier molecular flexibility index (Phi) is 4.36. The van der Waals surface area contributed by atoms with Crippen LogP contribution in [-0.4, -0.2) is 28.1 Å². The van der Waals surface area contributed by atoms with Gasteiger partial charge < -0.3 is 16.2 Å². The fourth-order valence-electron chi connectivity index (χ4n) is 2.38. The van der Waals surface area contributed by atoms with Crippen LogP contribution in [0.15, 0.2) is 12.1 Å². The molecule has 1 saturated carbocycles. The molecule has 5 nitrogen and oxygen atoms in total. The highest BCUT2D eigenvalue weighted by Gasteiger charge is 2.34. The minimum Gasteiger partial charge on any atom is -0.391 e. The van der Waals surface area contributed by atoms with E-state index >= 15 is 0 Å². The Morgan fingerprint density at radius 1 is 1.33 bits per heavy atom. The van der Waals surface area contributed by atoms with E-state index in [4.69, 9.17) is 5.73 Å². The number of rotatable bonds is 3. The molecule has 21 heavy (non-hydrogen) atoms. The van der Waals surface area contributed by atoms with Crippen molar-refractivity contribution in [2.45, 2.75) is 44.0 Å². The van der Waals surface area contributed by atoms with Crippen LogP contribution in [0.2, 0.25) is 0 Å². The summed E-state index contributed by atoms with van der Waals surface area (Å²) >= 11 is 0. The van der Waals surface area contributed by atoms with Crippen molar-refractivity contribution in [3.8, 4) is 0 Å². The summed E-state index contributed by atoms with van der Waals surface area (Å²) in [7, 11) is 0. The second-order valence-electron chi connectivity index (χ2n) is 5.06. The van der Waals surface area contributed by atoms with Gasteiger partial charge in [-0.05, 0) is 25.0 Å². The van der Waals surface area contributed by atoms with Gasteiger partial charge in [0.15, 0.2) is 0 Å². The molecule has 0 bridgehead atoms. The molecular weight excluding hydrogens is 287 g/mol. The Bertz CT molecular complexity index is 534. The first-order valence-electron chi connectivity index (χ1n) is 6.61. The number of nitrogens with zero attached hydrogens (tertiary/aromatic N) is 1. The molecule has 0 saturated heterocycles. The topological polar surface area (TPSA) is 88.2 Å². The highest BCUT2D eigenvalue weighted by Crippen LogP contribution is 2.30. The molecule has 8 heteroatoms. The number of hydrogen-bond donors (Lipinski definition) is 3. The van der Waals surface area contributed by atoms with E-state index in [-0.39, 0.29) is 11.4 Å². The number of alkyl halides is 3. The average molecular weight is 303 g/mol. The second kappa shape index (κ2) is 5.88. The smallest absolute Gasteiger partial charge is 0.391 e. The molecule has 1 aliphatic carbocycles. The van der Waals surface area contributed by atoms with Crippen molar-refractivity contribution in [2.24, 2.45) is 5.73 Å². The van der Waals surface area contributed by atoms with Crippen molar-refractivity contribution in [1.82, 2.24) is 4.98 Å². The fraction of sp³-hybridized carbons (Fsp3) is 0.538. The summed E-state index contributed by atoms with van der Waals surface area (Å²) in [5, 5.41) is 12.6. The molecule has 0 radical (unpaired) electrons. The van der Waals surface area contributed by atoms with E-state index < -0.39 is 29.9 Å². The number of aromatic nitrogens is 1. The zero-order valence-corrected chi connectivity index (χ0v) is 11.2. The van der Waals surface area contributed by atoms with Crippen LogP contribution in [0.25, 0.3) is 0 Å². The number of pyridine rings is 1. The molecule has 1 heterocycles. The van der Waals surface area contributed by atoms with Gasteiger partial charge in [-0.3, -0.25) is 4.79 Å². The molecule has 2 unspecified atom stereocenters. The number of anilines is 1. The van der Waals surface area contributed by atoms with Crippen molar-refractivity contribution in [1.29, 1.82) is 0 Å². The molecule has 1 fully saturated rings. The summed E-state index contributed by atoms with van der Waals surface area (Å²) in [6, 6.07) is 1.27. The number of hydrogen-bond acceptors (Lipinski definition) is 4. The summed E-state index contributed by atoms with van der Waals surface area (Å²) in [5.74, 6) is -1.10. The molecule has 1 aromatic heterocycles. The lowest BCUT2D eigenvalue weighted by Crippen LogP contribution is -2.37. The third kappa shape index (κ3) is 3.63. The summed E-state index contributed by atoms with van der Waals surface area (Å²) in [6.45, 7) is 0. The van der Waals surface area contributed by atoms with Gasteiger partial charge in [-0.2, -0.15) is 13.2 Å². The predicted molar refractivity (Wildman–Crippen MR) is 69.6 cm³/mol. The van der Waals surface area contributed by atoms with Crippen LogP contribution in [-0.2, 0) is 6.18 Å². The maximum absolute atomic E-state index is 12.7. The number of amides is 1. The zero-order valence-electron chi connectivity index (χ0n) is 11.2. The number of aliphatic hydroxyl groups is 1. The van der Waals surface area contributed by atoms with Crippen molar-refractivity contribution in [2.75, 3.05) is 5.32 Å². The molecule has 2 atom stereocenters. The Hall–Kier alpha value is -1.83. The number of nitrogens with two attached hydrogens (primary N) is 1. The number of carbonyl (C=O) groups is 1. The Labute approximate surface area is 119 Å². The third-order valence-corrected chi connectivity index (χ3v) is 3.50. The van der Waals surface area contributed by atoms with Crippen LogP contribution in [0.3, 0.4) is 0 Å². The average Bonchev–Trinajstić information content (AvgIpc) is 2.40. The minimum absolute atomic E-state index is 0.124. The molecule has 1 amide bonds. The summed E-state index contributed by atoms with van der Waals surface area (Å²) in [5.41, 5.74) is 3.92. The lowest BCUT2D eigenvalue weighted by molar-refractivity contribution is -0.141. The van der Waals surface area contributed by atoms with Gasteiger partial charge in [-0.1, -0.05) is 12.8 Å². The van der Waals surface area contributed by atoms with Gasteiger partial charge in [0.05, 0.1) is 17.7 Å². The highest BCUT2D eigenvalue weighted by molar-refractivity contribution is 5.97. The quantitative estimate of drug-likeness (QED) is 0.796. The lowest BCUT2D eigenvalue weighted by Gasteiger charge is -2.29. The normalized spacial score (nSPS) is 22.9. The van der Waals surface area contributed by atoms with Crippen LogP contribution in [0.5, 0.6) is 0 Å². The molecular formula is C13H16F3N3O2. The van der Waals surface area contributed by atoms with E-state index in [1.165, 1.54) is 0 Å². The number of primary amides is 1. The molecule has 0 aromatic carbocycles. The first kappa shape index (κ1) is 15.6. The van der Waals surface area contributed by atoms with Gasteiger partial charge in [-0.25, -0.2) is 4.98 Å². The SMILES string of the molecule is NC(=O)c1ccc(C(F)(F)F)nc1NC1CCCCC1O. The monoisotopic (exact) mass is 303 g/mol. The van der Waals surface area contributed by atoms with Gasteiger partial charge in [0.1, 0.15) is 11.5 Å². The highest BCUT2D eigenvalue weighted by atomic mass is 19.4. The summed E-state index contributed by atoms with van der Waals surface area (Å²) < 4.78 is 38.1. The number of nitrogens with one attached hydrogen (secondary N) is 1. The van der Waals surface area contributed by atoms with Crippen LogP contribution in [0, 0.1) is 0 Å². The lowest BCUT2D eigenvalue weighted by atomic mass is 9.92. The van der Waals surface area contributed by atoms with Crippen LogP contribution in [0.4, 0.5) is 19.0 Å².